The van der Waals surface area contributed by atoms with Crippen LogP contribution in [0.4, 0.5) is 0 Å². The van der Waals surface area contributed by atoms with Crippen LogP contribution in [-0.2, 0) is 11.3 Å². The van der Waals surface area contributed by atoms with Gasteiger partial charge in [0.15, 0.2) is 5.96 Å². The molecule has 0 spiro atoms. The molecule has 0 bridgehead atoms. The molecule has 1 amide bonds. The summed E-state index contributed by atoms with van der Waals surface area (Å²) in [6.07, 6.45) is 2.55. The van der Waals surface area contributed by atoms with E-state index in [4.69, 9.17) is 10.5 Å². The van der Waals surface area contributed by atoms with Gasteiger partial charge in [-0.2, -0.15) is 0 Å². The van der Waals surface area contributed by atoms with Gasteiger partial charge in [0, 0.05) is 33.1 Å². The van der Waals surface area contributed by atoms with Crippen molar-refractivity contribution < 1.29 is 9.53 Å². The summed E-state index contributed by atoms with van der Waals surface area (Å²) in [7, 11) is 1.79. The van der Waals surface area contributed by atoms with Gasteiger partial charge in [-0.1, -0.05) is 26.0 Å². The number of aliphatic imine (C=N–C) groups is 1. The maximum atomic E-state index is 11.2. The number of piperidine rings is 1. The third-order valence-electron chi connectivity index (χ3n) is 4.45. The number of ether oxygens (including phenoxy) is 1. The number of amides is 1. The third-order valence-corrected chi connectivity index (χ3v) is 4.45. The van der Waals surface area contributed by atoms with Gasteiger partial charge in [-0.05, 0) is 42.4 Å². The lowest BCUT2D eigenvalue weighted by molar-refractivity contribution is -0.119. The Labute approximate surface area is 179 Å². The molecule has 2 rings (SSSR count). The molecule has 0 radical (unpaired) electrons. The molecule has 1 aliphatic rings. The molecule has 0 saturated carbocycles. The Bertz CT molecular complexity index is 622. The second-order valence-electron chi connectivity index (χ2n) is 7.38. The summed E-state index contributed by atoms with van der Waals surface area (Å²) in [4.78, 5) is 17.8. The van der Waals surface area contributed by atoms with Gasteiger partial charge in [0.25, 0.3) is 0 Å². The van der Waals surface area contributed by atoms with Gasteiger partial charge in [-0.15, -0.1) is 24.0 Å². The number of hydrogen-bond donors (Lipinski definition) is 2. The molecule has 1 saturated heterocycles. The highest BCUT2D eigenvalue weighted by Gasteiger charge is 2.23. The fraction of sp³-hybridized carbons (Fsp3) is 0.600. The highest BCUT2D eigenvalue weighted by Crippen LogP contribution is 2.20. The average molecular weight is 488 g/mol. The number of hydrogen-bond acceptors (Lipinski definition) is 3. The number of guanidine groups is 1. The molecule has 1 fully saturated rings. The fourth-order valence-electron chi connectivity index (χ4n) is 3.23. The Balaban J connectivity index is 0.00000364. The molecule has 1 aromatic rings. The first-order valence-corrected chi connectivity index (χ1v) is 9.43. The lowest BCUT2D eigenvalue weighted by Crippen LogP contribution is -2.46. The van der Waals surface area contributed by atoms with Crippen molar-refractivity contribution in [3.05, 3.63) is 29.8 Å². The normalized spacial score (nSPS) is 17.4. The third kappa shape index (κ3) is 8.36. The molecule has 0 aromatic heterocycles. The first kappa shape index (κ1) is 23.5. The number of nitrogens with two attached hydrogens (primary N) is 1. The van der Waals surface area contributed by atoms with Gasteiger partial charge in [-0.3, -0.25) is 9.79 Å². The SMILES string of the molecule is CN=C(NCc1cccc(OCC(C)C)c1)N1CCCC(CC(N)=O)C1.I. The number of benzene rings is 1. The summed E-state index contributed by atoms with van der Waals surface area (Å²) >= 11 is 0. The lowest BCUT2D eigenvalue weighted by Gasteiger charge is -2.34. The predicted octanol–water partition coefficient (Wildman–Crippen LogP) is 3.00. The van der Waals surface area contributed by atoms with Crippen LogP contribution in [0.15, 0.2) is 29.3 Å². The second-order valence-corrected chi connectivity index (χ2v) is 7.38. The van der Waals surface area contributed by atoms with Crippen LogP contribution in [0, 0.1) is 11.8 Å². The summed E-state index contributed by atoms with van der Waals surface area (Å²) in [5.74, 6) is 2.36. The molecule has 0 aliphatic carbocycles. The number of carbonyl (C=O) groups excluding carboxylic acids is 1. The number of carbonyl (C=O) groups is 1. The van der Waals surface area contributed by atoms with Crippen LogP contribution >= 0.6 is 24.0 Å². The molecule has 152 valence electrons. The molecule has 1 unspecified atom stereocenters. The zero-order valence-corrected chi connectivity index (χ0v) is 18.9. The summed E-state index contributed by atoms with van der Waals surface area (Å²) in [6.45, 7) is 7.45. The van der Waals surface area contributed by atoms with Gasteiger partial charge >= 0.3 is 0 Å². The number of likely N-dealkylation sites (tertiary alicyclic amines) is 1. The van der Waals surface area contributed by atoms with Crippen molar-refractivity contribution in [3.8, 4) is 5.75 Å². The van der Waals surface area contributed by atoms with Crippen LogP contribution in [0.25, 0.3) is 0 Å². The van der Waals surface area contributed by atoms with E-state index in [0.717, 1.165) is 43.2 Å². The molecule has 6 nitrogen and oxygen atoms in total. The van der Waals surface area contributed by atoms with E-state index in [9.17, 15) is 4.79 Å². The molecule has 3 N–H and O–H groups in total. The Morgan fingerprint density at radius 2 is 2.22 bits per heavy atom. The van der Waals surface area contributed by atoms with Gasteiger partial charge < -0.3 is 20.7 Å². The van der Waals surface area contributed by atoms with Crippen molar-refractivity contribution in [2.75, 3.05) is 26.7 Å². The van der Waals surface area contributed by atoms with Crippen LogP contribution in [0.5, 0.6) is 5.75 Å². The summed E-state index contributed by atoms with van der Waals surface area (Å²) in [5, 5.41) is 3.43. The molecular formula is C20H33IN4O2. The highest BCUT2D eigenvalue weighted by molar-refractivity contribution is 14.0. The van der Waals surface area contributed by atoms with Crippen molar-refractivity contribution in [2.24, 2.45) is 22.6 Å². The lowest BCUT2D eigenvalue weighted by atomic mass is 9.95. The zero-order chi connectivity index (χ0) is 18.9. The predicted molar refractivity (Wildman–Crippen MR) is 120 cm³/mol. The van der Waals surface area contributed by atoms with Crippen LogP contribution in [0.1, 0.15) is 38.7 Å². The Hall–Kier alpha value is -1.51. The van der Waals surface area contributed by atoms with Crippen LogP contribution in [0.2, 0.25) is 0 Å². The van der Waals surface area contributed by atoms with E-state index >= 15 is 0 Å². The van der Waals surface area contributed by atoms with Gasteiger partial charge in [-0.25, -0.2) is 0 Å². The van der Waals surface area contributed by atoms with Crippen molar-refractivity contribution in [1.29, 1.82) is 0 Å². The molecule has 1 aromatic carbocycles. The molecule has 27 heavy (non-hydrogen) atoms. The smallest absolute Gasteiger partial charge is 0.217 e. The van der Waals surface area contributed by atoms with Gasteiger partial charge in [0.1, 0.15) is 5.75 Å². The molecule has 7 heteroatoms. The number of halogens is 1. The number of nitrogens with one attached hydrogen (secondary N) is 1. The monoisotopic (exact) mass is 488 g/mol. The first-order chi connectivity index (χ1) is 12.5. The van der Waals surface area contributed by atoms with Crippen molar-refractivity contribution in [2.45, 2.75) is 39.7 Å². The van der Waals surface area contributed by atoms with E-state index in [1.165, 1.54) is 0 Å². The minimum atomic E-state index is -0.224. The largest absolute Gasteiger partial charge is 0.493 e. The maximum absolute atomic E-state index is 11.2. The van der Waals surface area contributed by atoms with Crippen LogP contribution in [0.3, 0.4) is 0 Å². The average Bonchev–Trinajstić information content (AvgIpc) is 2.61. The molecule has 1 heterocycles. The summed E-state index contributed by atoms with van der Waals surface area (Å²) in [5.41, 5.74) is 6.51. The number of rotatable bonds is 7. The van der Waals surface area contributed by atoms with E-state index in [0.29, 0.717) is 31.4 Å². The maximum Gasteiger partial charge on any atom is 0.217 e. The Morgan fingerprint density at radius 3 is 2.89 bits per heavy atom. The second kappa shape index (κ2) is 12.0. The zero-order valence-electron chi connectivity index (χ0n) is 16.6. The van der Waals surface area contributed by atoms with Gasteiger partial charge in [0.2, 0.25) is 5.91 Å². The van der Waals surface area contributed by atoms with Crippen molar-refractivity contribution in [1.82, 2.24) is 10.2 Å². The number of primary amides is 1. The van der Waals surface area contributed by atoms with Crippen LogP contribution < -0.4 is 15.8 Å². The van der Waals surface area contributed by atoms with Crippen LogP contribution in [-0.4, -0.2) is 43.5 Å². The van der Waals surface area contributed by atoms with E-state index in [1.807, 2.05) is 12.1 Å². The summed E-state index contributed by atoms with van der Waals surface area (Å²) in [6, 6.07) is 8.14. The Morgan fingerprint density at radius 1 is 1.44 bits per heavy atom. The quantitative estimate of drug-likeness (QED) is 0.352. The van der Waals surface area contributed by atoms with E-state index in [2.05, 4.69) is 41.2 Å². The molecule has 1 aliphatic heterocycles. The highest BCUT2D eigenvalue weighted by atomic mass is 127. The summed E-state index contributed by atoms with van der Waals surface area (Å²) < 4.78 is 5.80. The Kier molecular flexibility index (Phi) is 10.5. The van der Waals surface area contributed by atoms with Gasteiger partial charge in [0.05, 0.1) is 6.61 Å². The van der Waals surface area contributed by atoms with E-state index < -0.39 is 0 Å². The first-order valence-electron chi connectivity index (χ1n) is 9.43. The molecule has 1 atom stereocenters. The number of nitrogens with zero attached hydrogens (tertiary/aromatic N) is 2. The minimum Gasteiger partial charge on any atom is -0.493 e. The van der Waals surface area contributed by atoms with E-state index in [1.54, 1.807) is 7.05 Å². The molecular weight excluding hydrogens is 455 g/mol. The minimum absolute atomic E-state index is 0. The van der Waals surface area contributed by atoms with E-state index in [-0.39, 0.29) is 29.9 Å². The fourth-order valence-corrected chi connectivity index (χ4v) is 3.23. The van der Waals surface area contributed by atoms with Crippen molar-refractivity contribution in [3.63, 3.8) is 0 Å². The standard InChI is InChI=1S/C20H32N4O2.HI/c1-15(2)14-26-18-8-4-6-16(10-18)12-23-20(22-3)24-9-5-7-17(13-24)11-19(21)25;/h4,6,8,10,15,17H,5,7,9,11-14H2,1-3H3,(H2,21,25)(H,22,23);1H. The van der Waals surface area contributed by atoms with Crippen molar-refractivity contribution >= 4 is 35.8 Å². The topological polar surface area (TPSA) is 80.0 Å².